The van der Waals surface area contributed by atoms with Crippen LogP contribution in [0, 0.1) is 3.57 Å². The Morgan fingerprint density at radius 2 is 1.96 bits per heavy atom. The summed E-state index contributed by atoms with van der Waals surface area (Å²) in [5, 5.41) is 2.97. The van der Waals surface area contributed by atoms with Gasteiger partial charge < -0.3 is 14.8 Å². The quantitative estimate of drug-likeness (QED) is 0.693. The van der Waals surface area contributed by atoms with Crippen LogP contribution in [0.15, 0.2) is 36.4 Å². The molecule has 122 valence electrons. The van der Waals surface area contributed by atoms with E-state index in [9.17, 15) is 4.79 Å². The maximum Gasteiger partial charge on any atom is 0.255 e. The lowest BCUT2D eigenvalue weighted by molar-refractivity contribution is 0.102. The minimum atomic E-state index is -0.162. The third-order valence-corrected chi connectivity index (χ3v) is 4.23. The number of hydrogen-bond acceptors (Lipinski definition) is 3. The highest BCUT2D eigenvalue weighted by molar-refractivity contribution is 14.1. The third-order valence-electron chi connectivity index (χ3n) is 3.43. The molecule has 0 aliphatic rings. The molecule has 2 aromatic rings. The average molecular weight is 425 g/mol. The number of nitrogens with one attached hydrogen (secondary N) is 1. The Balaban J connectivity index is 2.31. The first kappa shape index (κ1) is 17.6. The van der Waals surface area contributed by atoms with Gasteiger partial charge in [0.2, 0.25) is 0 Å². The molecule has 0 fully saturated rings. The Labute approximate surface area is 150 Å². The normalized spacial score (nSPS) is 10.3. The van der Waals surface area contributed by atoms with Gasteiger partial charge >= 0.3 is 0 Å². The van der Waals surface area contributed by atoms with E-state index < -0.39 is 0 Å². The third kappa shape index (κ3) is 4.16. The predicted molar refractivity (Wildman–Crippen MR) is 101 cm³/mol. The SMILES string of the molecule is CCOc1c(I)cc(C(=O)Nc2ccccc2CC)cc1OC. The summed E-state index contributed by atoms with van der Waals surface area (Å²) in [6.45, 7) is 4.52. The number of anilines is 1. The molecule has 0 radical (unpaired) electrons. The van der Waals surface area contributed by atoms with E-state index in [0.29, 0.717) is 23.7 Å². The lowest BCUT2D eigenvalue weighted by Gasteiger charge is -2.14. The summed E-state index contributed by atoms with van der Waals surface area (Å²) >= 11 is 2.15. The van der Waals surface area contributed by atoms with Gasteiger partial charge in [-0.05, 0) is 59.7 Å². The summed E-state index contributed by atoms with van der Waals surface area (Å²) in [4.78, 5) is 12.6. The van der Waals surface area contributed by atoms with Crippen LogP contribution in [0.5, 0.6) is 11.5 Å². The molecule has 0 atom stereocenters. The number of carbonyl (C=O) groups is 1. The number of para-hydroxylation sites is 1. The summed E-state index contributed by atoms with van der Waals surface area (Å²) in [5.41, 5.74) is 2.48. The maximum absolute atomic E-state index is 12.6. The minimum Gasteiger partial charge on any atom is -0.493 e. The molecule has 0 aromatic heterocycles. The highest BCUT2D eigenvalue weighted by Crippen LogP contribution is 2.34. The van der Waals surface area contributed by atoms with Gasteiger partial charge in [-0.1, -0.05) is 25.1 Å². The molecule has 5 heteroatoms. The fourth-order valence-corrected chi connectivity index (χ4v) is 3.04. The minimum absolute atomic E-state index is 0.162. The second-order valence-corrected chi connectivity index (χ2v) is 6.05. The molecule has 4 nitrogen and oxygen atoms in total. The van der Waals surface area contributed by atoms with Gasteiger partial charge in [-0.3, -0.25) is 4.79 Å². The molecule has 1 N–H and O–H groups in total. The predicted octanol–water partition coefficient (Wildman–Crippen LogP) is 4.51. The molecular weight excluding hydrogens is 405 g/mol. The first-order chi connectivity index (χ1) is 11.1. The largest absolute Gasteiger partial charge is 0.493 e. The zero-order valence-corrected chi connectivity index (χ0v) is 15.6. The number of benzene rings is 2. The van der Waals surface area contributed by atoms with Crippen LogP contribution in [-0.4, -0.2) is 19.6 Å². The lowest BCUT2D eigenvalue weighted by atomic mass is 10.1. The molecule has 2 aromatic carbocycles. The van der Waals surface area contributed by atoms with E-state index in [0.717, 1.165) is 21.2 Å². The van der Waals surface area contributed by atoms with Gasteiger partial charge in [0.15, 0.2) is 11.5 Å². The Morgan fingerprint density at radius 3 is 2.61 bits per heavy atom. The van der Waals surface area contributed by atoms with Crippen LogP contribution < -0.4 is 14.8 Å². The van der Waals surface area contributed by atoms with Crippen molar-refractivity contribution in [2.24, 2.45) is 0 Å². The van der Waals surface area contributed by atoms with Gasteiger partial charge in [-0.2, -0.15) is 0 Å². The van der Waals surface area contributed by atoms with Crippen LogP contribution in [0.4, 0.5) is 5.69 Å². The average Bonchev–Trinajstić information content (AvgIpc) is 2.57. The standard InChI is InChI=1S/C18H20INO3/c1-4-12-8-6-7-9-15(12)20-18(21)13-10-14(19)17(23-5-2)16(11-13)22-3/h6-11H,4-5H2,1-3H3,(H,20,21). The first-order valence-electron chi connectivity index (χ1n) is 7.50. The smallest absolute Gasteiger partial charge is 0.255 e. The van der Waals surface area contributed by atoms with E-state index in [1.165, 1.54) is 0 Å². The first-order valence-corrected chi connectivity index (χ1v) is 8.58. The van der Waals surface area contributed by atoms with Crippen molar-refractivity contribution >= 4 is 34.2 Å². The molecule has 0 bridgehead atoms. The van der Waals surface area contributed by atoms with Crippen molar-refractivity contribution in [2.45, 2.75) is 20.3 Å². The van der Waals surface area contributed by atoms with Gasteiger partial charge in [0, 0.05) is 11.3 Å². The number of carbonyl (C=O) groups excluding carboxylic acids is 1. The van der Waals surface area contributed by atoms with E-state index in [2.05, 4.69) is 34.8 Å². The zero-order valence-electron chi connectivity index (χ0n) is 13.5. The van der Waals surface area contributed by atoms with Gasteiger partial charge in [0.25, 0.3) is 5.91 Å². The molecule has 0 aliphatic carbocycles. The van der Waals surface area contributed by atoms with Crippen LogP contribution >= 0.6 is 22.6 Å². The van der Waals surface area contributed by atoms with Crippen molar-refractivity contribution in [3.05, 3.63) is 51.1 Å². The number of aryl methyl sites for hydroxylation is 1. The van der Waals surface area contributed by atoms with Crippen molar-refractivity contribution < 1.29 is 14.3 Å². The summed E-state index contributed by atoms with van der Waals surface area (Å²) in [7, 11) is 1.57. The van der Waals surface area contributed by atoms with E-state index in [1.807, 2.05) is 31.2 Å². The summed E-state index contributed by atoms with van der Waals surface area (Å²) in [6.07, 6.45) is 0.862. The molecule has 0 saturated heterocycles. The van der Waals surface area contributed by atoms with Crippen molar-refractivity contribution in [1.29, 1.82) is 0 Å². The van der Waals surface area contributed by atoms with Gasteiger partial charge in [0.05, 0.1) is 17.3 Å². The molecule has 0 aliphatic heterocycles. The number of ether oxygens (including phenoxy) is 2. The molecule has 23 heavy (non-hydrogen) atoms. The zero-order chi connectivity index (χ0) is 16.8. The summed E-state index contributed by atoms with van der Waals surface area (Å²) < 4.78 is 11.8. The monoisotopic (exact) mass is 425 g/mol. The van der Waals surface area contributed by atoms with E-state index in [4.69, 9.17) is 9.47 Å². The number of rotatable bonds is 6. The molecule has 0 spiro atoms. The summed E-state index contributed by atoms with van der Waals surface area (Å²) in [5.74, 6) is 1.07. The Morgan fingerprint density at radius 1 is 1.22 bits per heavy atom. The lowest BCUT2D eigenvalue weighted by Crippen LogP contribution is -2.14. The number of hydrogen-bond donors (Lipinski definition) is 1. The Hall–Kier alpha value is -1.76. The summed E-state index contributed by atoms with van der Waals surface area (Å²) in [6, 6.07) is 11.3. The molecule has 0 unspecified atom stereocenters. The topological polar surface area (TPSA) is 47.6 Å². The fourth-order valence-electron chi connectivity index (χ4n) is 2.28. The molecule has 2 rings (SSSR count). The van der Waals surface area contributed by atoms with E-state index in [1.54, 1.807) is 19.2 Å². The van der Waals surface area contributed by atoms with Gasteiger partial charge in [-0.15, -0.1) is 0 Å². The van der Waals surface area contributed by atoms with Crippen LogP contribution in [-0.2, 0) is 6.42 Å². The fraction of sp³-hybridized carbons (Fsp3) is 0.278. The van der Waals surface area contributed by atoms with Crippen molar-refractivity contribution in [3.8, 4) is 11.5 Å². The Kier molecular flexibility index (Phi) is 6.27. The Bertz CT molecular complexity index is 701. The van der Waals surface area contributed by atoms with Crippen LogP contribution in [0.2, 0.25) is 0 Å². The maximum atomic E-state index is 12.6. The molecule has 0 heterocycles. The van der Waals surface area contributed by atoms with Crippen molar-refractivity contribution in [1.82, 2.24) is 0 Å². The van der Waals surface area contributed by atoms with E-state index >= 15 is 0 Å². The van der Waals surface area contributed by atoms with Crippen molar-refractivity contribution in [3.63, 3.8) is 0 Å². The van der Waals surface area contributed by atoms with Crippen LogP contribution in [0.25, 0.3) is 0 Å². The van der Waals surface area contributed by atoms with Gasteiger partial charge in [0.1, 0.15) is 0 Å². The molecular formula is C18H20INO3. The van der Waals surface area contributed by atoms with Crippen LogP contribution in [0.1, 0.15) is 29.8 Å². The van der Waals surface area contributed by atoms with E-state index in [-0.39, 0.29) is 5.91 Å². The number of halogens is 1. The second kappa shape index (κ2) is 8.19. The highest BCUT2D eigenvalue weighted by atomic mass is 127. The van der Waals surface area contributed by atoms with Crippen LogP contribution in [0.3, 0.4) is 0 Å². The molecule has 1 amide bonds. The highest BCUT2D eigenvalue weighted by Gasteiger charge is 2.16. The number of methoxy groups -OCH3 is 1. The second-order valence-electron chi connectivity index (χ2n) is 4.89. The molecule has 0 saturated carbocycles. The number of amides is 1. The van der Waals surface area contributed by atoms with Gasteiger partial charge in [-0.25, -0.2) is 0 Å². The van der Waals surface area contributed by atoms with Crippen molar-refractivity contribution in [2.75, 3.05) is 19.0 Å².